The van der Waals surface area contributed by atoms with Crippen molar-refractivity contribution in [1.82, 2.24) is 10.2 Å². The van der Waals surface area contributed by atoms with E-state index in [9.17, 15) is 8.42 Å². The minimum absolute atomic E-state index is 0. The fourth-order valence-electron chi connectivity index (χ4n) is 4.19. The van der Waals surface area contributed by atoms with Crippen LogP contribution in [0.3, 0.4) is 0 Å². The molecule has 8 heteroatoms. The van der Waals surface area contributed by atoms with Gasteiger partial charge in [0.25, 0.3) is 0 Å². The zero-order valence-corrected chi connectivity index (χ0v) is 19.5. The molecule has 1 atom stereocenters. The van der Waals surface area contributed by atoms with Gasteiger partial charge in [0, 0.05) is 36.7 Å². The summed E-state index contributed by atoms with van der Waals surface area (Å²) in [4.78, 5) is 7.22. The van der Waals surface area contributed by atoms with Gasteiger partial charge < -0.3 is 10.2 Å². The number of sulfone groups is 1. The number of rotatable bonds is 4. The highest BCUT2D eigenvalue weighted by atomic mass is 127. The largest absolute Gasteiger partial charge is 0.353 e. The molecule has 1 N–H and O–H groups in total. The number of hydrogen-bond acceptors (Lipinski definition) is 4. The zero-order valence-electron chi connectivity index (χ0n) is 15.5. The lowest BCUT2D eigenvalue weighted by molar-refractivity contribution is 0.293. The first-order chi connectivity index (χ1) is 12.0. The number of hydrogen-bond donors (Lipinski definition) is 1. The summed E-state index contributed by atoms with van der Waals surface area (Å²) >= 11 is 2.15. The van der Waals surface area contributed by atoms with Crippen molar-refractivity contribution in [2.45, 2.75) is 43.3 Å². The molecule has 1 saturated carbocycles. The number of nitrogens with zero attached hydrogens (tertiary/aromatic N) is 2. The van der Waals surface area contributed by atoms with E-state index in [0.717, 1.165) is 31.2 Å². The summed E-state index contributed by atoms with van der Waals surface area (Å²) in [5.74, 6) is 2.88. The molecule has 150 valence electrons. The highest BCUT2D eigenvalue weighted by molar-refractivity contribution is 14.0. The monoisotopic (exact) mass is 513 g/mol. The average molecular weight is 514 g/mol. The molecule has 0 aromatic carbocycles. The maximum absolute atomic E-state index is 11.7. The fraction of sp³-hybridized carbons (Fsp3) is 0.833. The van der Waals surface area contributed by atoms with Crippen molar-refractivity contribution >= 4 is 51.5 Å². The van der Waals surface area contributed by atoms with E-state index >= 15 is 0 Å². The highest BCUT2D eigenvalue weighted by Gasteiger charge is 2.38. The minimum Gasteiger partial charge on any atom is -0.353 e. The summed E-state index contributed by atoms with van der Waals surface area (Å²) < 4.78 is 23.7. The Balaban J connectivity index is 0.00000243. The highest BCUT2D eigenvalue weighted by Crippen LogP contribution is 2.42. The van der Waals surface area contributed by atoms with Crippen LogP contribution in [-0.4, -0.2) is 67.5 Å². The van der Waals surface area contributed by atoms with Crippen LogP contribution in [0.4, 0.5) is 0 Å². The second kappa shape index (κ2) is 10.0. The predicted octanol–water partition coefficient (Wildman–Crippen LogP) is 2.92. The Hall–Kier alpha value is 0.0400. The van der Waals surface area contributed by atoms with Crippen molar-refractivity contribution in [2.24, 2.45) is 10.9 Å². The van der Waals surface area contributed by atoms with Crippen molar-refractivity contribution in [3.05, 3.63) is 12.7 Å². The van der Waals surface area contributed by atoms with Gasteiger partial charge in [0.05, 0.1) is 11.5 Å². The fourth-order valence-corrected chi connectivity index (χ4v) is 7.61. The molecular formula is C18H32IN3O2S2. The predicted molar refractivity (Wildman–Crippen MR) is 123 cm³/mol. The van der Waals surface area contributed by atoms with Crippen LogP contribution in [0.5, 0.6) is 0 Å². The third kappa shape index (κ3) is 6.02. The summed E-state index contributed by atoms with van der Waals surface area (Å²) in [6.45, 7) is 7.17. The Labute approximate surface area is 179 Å². The first-order valence-corrected chi connectivity index (χ1v) is 12.3. The standard InChI is InChI=1S/C18H31N3O2S2.HI/c1-2-9-19-17(20-13-16-6-12-25(22,23)14-16)21-10-11-24-18(15-21)7-4-3-5-8-18;/h2,16H,1,3-15H2,(H,19,20);1H. The molecular weight excluding hydrogens is 481 g/mol. The molecule has 2 saturated heterocycles. The van der Waals surface area contributed by atoms with Crippen molar-refractivity contribution in [1.29, 1.82) is 0 Å². The second-order valence-corrected chi connectivity index (χ2v) is 11.4. The van der Waals surface area contributed by atoms with Gasteiger partial charge in [-0.15, -0.1) is 30.6 Å². The van der Waals surface area contributed by atoms with Crippen LogP contribution < -0.4 is 5.32 Å². The van der Waals surface area contributed by atoms with Gasteiger partial charge in [-0.25, -0.2) is 8.42 Å². The summed E-state index contributed by atoms with van der Waals surface area (Å²) in [5, 5.41) is 3.40. The van der Waals surface area contributed by atoms with Crippen LogP contribution in [0.15, 0.2) is 17.6 Å². The Morgan fingerprint density at radius 1 is 1.35 bits per heavy atom. The quantitative estimate of drug-likeness (QED) is 0.271. The number of nitrogens with one attached hydrogen (secondary N) is 1. The molecule has 0 aromatic rings. The molecule has 2 heterocycles. The Bertz CT molecular complexity index is 598. The number of thioether (sulfide) groups is 1. The summed E-state index contributed by atoms with van der Waals surface area (Å²) in [6.07, 6.45) is 9.27. The molecule has 3 rings (SSSR count). The third-order valence-electron chi connectivity index (χ3n) is 5.54. The van der Waals surface area contributed by atoms with E-state index in [4.69, 9.17) is 4.99 Å². The third-order valence-corrected chi connectivity index (χ3v) is 8.92. The lowest BCUT2D eigenvalue weighted by Crippen LogP contribution is -2.53. The normalized spacial score (nSPS) is 27.8. The molecule has 0 bridgehead atoms. The summed E-state index contributed by atoms with van der Waals surface area (Å²) in [6, 6.07) is 0. The van der Waals surface area contributed by atoms with Crippen LogP contribution in [0, 0.1) is 5.92 Å². The number of guanidine groups is 1. The molecule has 1 aliphatic carbocycles. The van der Waals surface area contributed by atoms with Gasteiger partial charge in [-0.05, 0) is 25.2 Å². The van der Waals surface area contributed by atoms with E-state index in [0.29, 0.717) is 29.3 Å². The molecule has 2 aliphatic heterocycles. The first kappa shape index (κ1) is 22.3. The van der Waals surface area contributed by atoms with Crippen LogP contribution in [0.1, 0.15) is 38.5 Å². The molecule has 3 aliphatic rings. The zero-order chi connectivity index (χ0) is 17.8. The average Bonchev–Trinajstić information content (AvgIpc) is 2.95. The van der Waals surface area contributed by atoms with Gasteiger partial charge in [0.1, 0.15) is 0 Å². The van der Waals surface area contributed by atoms with Crippen molar-refractivity contribution in [3.63, 3.8) is 0 Å². The topological polar surface area (TPSA) is 61.8 Å². The van der Waals surface area contributed by atoms with Gasteiger partial charge in [-0.1, -0.05) is 25.3 Å². The van der Waals surface area contributed by atoms with Crippen molar-refractivity contribution in [3.8, 4) is 0 Å². The SMILES string of the molecule is C=CCNC(=NCC1CCS(=O)(=O)C1)N1CCSC2(CCCCC2)C1.I. The van der Waals surface area contributed by atoms with Crippen LogP contribution in [0.25, 0.3) is 0 Å². The molecule has 0 amide bonds. The van der Waals surface area contributed by atoms with Crippen LogP contribution in [0.2, 0.25) is 0 Å². The second-order valence-electron chi connectivity index (χ2n) is 7.62. The lowest BCUT2D eigenvalue weighted by Gasteiger charge is -2.45. The van der Waals surface area contributed by atoms with Gasteiger partial charge in [-0.3, -0.25) is 4.99 Å². The van der Waals surface area contributed by atoms with Crippen LogP contribution >= 0.6 is 35.7 Å². The molecule has 26 heavy (non-hydrogen) atoms. The van der Waals surface area contributed by atoms with E-state index in [1.165, 1.54) is 32.1 Å². The summed E-state index contributed by atoms with van der Waals surface area (Å²) in [5.41, 5.74) is 0. The first-order valence-electron chi connectivity index (χ1n) is 9.50. The van der Waals surface area contributed by atoms with Gasteiger partial charge in [0.15, 0.2) is 15.8 Å². The van der Waals surface area contributed by atoms with E-state index in [1.54, 1.807) is 0 Å². The molecule has 3 fully saturated rings. The van der Waals surface area contributed by atoms with Crippen molar-refractivity contribution < 1.29 is 8.42 Å². The number of halogens is 1. The molecule has 5 nitrogen and oxygen atoms in total. The lowest BCUT2D eigenvalue weighted by atomic mass is 9.87. The molecule has 0 aromatic heterocycles. The Morgan fingerprint density at radius 3 is 2.77 bits per heavy atom. The molecule has 1 spiro atoms. The molecule has 1 unspecified atom stereocenters. The maximum Gasteiger partial charge on any atom is 0.194 e. The Morgan fingerprint density at radius 2 is 2.12 bits per heavy atom. The van der Waals surface area contributed by atoms with Gasteiger partial charge in [0.2, 0.25) is 0 Å². The van der Waals surface area contributed by atoms with E-state index in [-0.39, 0.29) is 29.9 Å². The minimum atomic E-state index is -2.83. The van der Waals surface area contributed by atoms with Crippen LogP contribution in [-0.2, 0) is 9.84 Å². The smallest absolute Gasteiger partial charge is 0.194 e. The number of aliphatic imine (C=N–C) groups is 1. The van der Waals surface area contributed by atoms with E-state index in [2.05, 4.69) is 28.6 Å². The maximum atomic E-state index is 11.7. The molecule has 0 radical (unpaired) electrons. The van der Waals surface area contributed by atoms with E-state index < -0.39 is 9.84 Å². The summed E-state index contributed by atoms with van der Waals surface area (Å²) in [7, 11) is -2.83. The van der Waals surface area contributed by atoms with E-state index in [1.807, 2.05) is 6.08 Å². The van der Waals surface area contributed by atoms with Gasteiger partial charge >= 0.3 is 0 Å². The van der Waals surface area contributed by atoms with Gasteiger partial charge in [-0.2, -0.15) is 11.8 Å². The van der Waals surface area contributed by atoms with Crippen molar-refractivity contribution in [2.75, 3.05) is 43.4 Å². The Kier molecular flexibility index (Phi) is 8.59.